The molecule has 1 fully saturated rings. The Kier molecular flexibility index (Phi) is 4.22. The molecule has 2 heterocycles. The van der Waals surface area contributed by atoms with Crippen LogP contribution in [0.1, 0.15) is 19.8 Å². The van der Waals surface area contributed by atoms with Crippen molar-refractivity contribution >= 4 is 23.5 Å². The minimum atomic E-state index is -0.860. The van der Waals surface area contributed by atoms with Gasteiger partial charge in [-0.2, -0.15) is 0 Å². The predicted octanol–water partition coefficient (Wildman–Crippen LogP) is 0.640. The van der Waals surface area contributed by atoms with Gasteiger partial charge in [-0.15, -0.1) is 0 Å². The van der Waals surface area contributed by atoms with E-state index in [2.05, 4.69) is 0 Å². The van der Waals surface area contributed by atoms with Gasteiger partial charge >= 0.3 is 6.03 Å². The molecule has 1 saturated heterocycles. The van der Waals surface area contributed by atoms with Crippen molar-refractivity contribution in [2.24, 2.45) is 11.5 Å². The van der Waals surface area contributed by atoms with Gasteiger partial charge in [0.25, 0.3) is 11.8 Å². The summed E-state index contributed by atoms with van der Waals surface area (Å²) in [4.78, 5) is 39.7. The Morgan fingerprint density at radius 2 is 1.84 bits per heavy atom. The van der Waals surface area contributed by atoms with Crippen LogP contribution in [0.3, 0.4) is 0 Å². The highest BCUT2D eigenvalue weighted by Crippen LogP contribution is 2.37. The molecule has 132 valence electrons. The van der Waals surface area contributed by atoms with E-state index in [4.69, 9.17) is 20.9 Å². The summed E-state index contributed by atoms with van der Waals surface area (Å²) < 4.78 is 10.5. The van der Waals surface area contributed by atoms with Crippen LogP contribution in [0, 0.1) is 0 Å². The van der Waals surface area contributed by atoms with Crippen molar-refractivity contribution in [1.82, 2.24) is 4.90 Å². The number of nitrogens with two attached hydrogens (primary N) is 2. The number of ether oxygens (including phenoxy) is 2. The number of imide groups is 2. The fourth-order valence-electron chi connectivity index (χ4n) is 2.65. The number of hydrogen-bond acceptors (Lipinski definition) is 7. The molecule has 25 heavy (non-hydrogen) atoms. The molecular weight excluding hydrogens is 328 g/mol. The van der Waals surface area contributed by atoms with Crippen molar-refractivity contribution in [3.63, 3.8) is 0 Å². The third-order valence-corrected chi connectivity index (χ3v) is 3.94. The maximum Gasteiger partial charge on any atom is 0.338 e. The van der Waals surface area contributed by atoms with Crippen LogP contribution in [0.4, 0.5) is 10.5 Å². The van der Waals surface area contributed by atoms with Gasteiger partial charge in [-0.25, -0.2) is 9.69 Å². The summed E-state index contributed by atoms with van der Waals surface area (Å²) in [5.41, 5.74) is 10.9. The number of urea groups is 1. The Morgan fingerprint density at radius 3 is 2.52 bits per heavy atom. The Balaban J connectivity index is 2.04. The molecule has 0 radical (unpaired) electrons. The van der Waals surface area contributed by atoms with Gasteiger partial charge in [0, 0.05) is 12.6 Å². The summed E-state index contributed by atoms with van der Waals surface area (Å²) in [7, 11) is 0. The minimum Gasteiger partial charge on any atom is -0.454 e. The molecule has 2 aliphatic rings. The highest BCUT2D eigenvalue weighted by atomic mass is 16.7. The number of nitrogens with zero attached hydrogens (tertiary/aromatic N) is 2. The number of unbranched alkanes of at least 4 members (excludes halogenated alkanes) is 1. The molecule has 1 aromatic rings. The van der Waals surface area contributed by atoms with Crippen LogP contribution in [0.15, 0.2) is 29.6 Å². The van der Waals surface area contributed by atoms with Crippen molar-refractivity contribution in [1.29, 1.82) is 0 Å². The van der Waals surface area contributed by atoms with Crippen molar-refractivity contribution in [2.75, 3.05) is 18.2 Å². The second-order valence-corrected chi connectivity index (χ2v) is 5.60. The van der Waals surface area contributed by atoms with Crippen LogP contribution >= 0.6 is 0 Å². The molecule has 0 spiro atoms. The van der Waals surface area contributed by atoms with E-state index in [9.17, 15) is 14.4 Å². The zero-order valence-electron chi connectivity index (χ0n) is 13.7. The molecular formula is C16H18N4O5. The first-order valence-corrected chi connectivity index (χ1v) is 7.80. The summed E-state index contributed by atoms with van der Waals surface area (Å²) in [5.74, 6) is -1.15. The quantitative estimate of drug-likeness (QED) is 0.604. The standard InChI is InChI=1S/C16H18N4O5/c1-2-3-6-19-14(21)12(13(17)18)15(22)20(16(19)23)9-4-5-10-11(7-9)25-8-24-10/h4-5,7H,2-3,6,8,17-18H2,1H3. The molecule has 0 saturated carbocycles. The first-order valence-electron chi connectivity index (χ1n) is 7.80. The summed E-state index contributed by atoms with van der Waals surface area (Å²) >= 11 is 0. The monoisotopic (exact) mass is 346 g/mol. The third kappa shape index (κ3) is 2.73. The Hall–Kier alpha value is -3.23. The summed E-state index contributed by atoms with van der Waals surface area (Å²) in [6.07, 6.45) is 1.37. The number of benzene rings is 1. The average molecular weight is 346 g/mol. The minimum absolute atomic E-state index is 0.0582. The van der Waals surface area contributed by atoms with Crippen LogP contribution in [0.2, 0.25) is 0 Å². The molecule has 0 unspecified atom stereocenters. The zero-order chi connectivity index (χ0) is 18.1. The Bertz CT molecular complexity index is 785. The number of barbiturate groups is 1. The molecule has 4 N–H and O–H groups in total. The largest absolute Gasteiger partial charge is 0.454 e. The highest BCUT2D eigenvalue weighted by Gasteiger charge is 2.44. The SMILES string of the molecule is CCCCN1C(=O)C(=C(N)N)C(=O)N(c2ccc3c(c2)OCO3)C1=O. The molecule has 0 aliphatic carbocycles. The van der Waals surface area contributed by atoms with Crippen molar-refractivity contribution in [3.05, 3.63) is 29.6 Å². The lowest BCUT2D eigenvalue weighted by Crippen LogP contribution is -2.57. The van der Waals surface area contributed by atoms with Gasteiger partial charge in [-0.3, -0.25) is 14.5 Å². The van der Waals surface area contributed by atoms with Crippen LogP contribution in [0.5, 0.6) is 11.5 Å². The molecule has 0 aromatic heterocycles. The zero-order valence-corrected chi connectivity index (χ0v) is 13.7. The van der Waals surface area contributed by atoms with E-state index in [-0.39, 0.29) is 19.0 Å². The maximum absolute atomic E-state index is 12.8. The molecule has 3 rings (SSSR count). The summed E-state index contributed by atoms with van der Waals surface area (Å²) in [6, 6.07) is 3.87. The van der Waals surface area contributed by atoms with Crippen LogP contribution in [-0.4, -0.2) is 36.1 Å². The number of carbonyl (C=O) groups excluding carboxylic acids is 3. The first kappa shape index (κ1) is 16.6. The van der Waals surface area contributed by atoms with E-state index in [1.54, 1.807) is 6.07 Å². The number of fused-ring (bicyclic) bond motifs is 1. The fourth-order valence-corrected chi connectivity index (χ4v) is 2.65. The molecule has 1 aromatic carbocycles. The topological polar surface area (TPSA) is 128 Å². The number of carbonyl (C=O) groups is 3. The Labute approximate surface area is 143 Å². The van der Waals surface area contributed by atoms with Crippen LogP contribution in [0.25, 0.3) is 0 Å². The van der Waals surface area contributed by atoms with Crippen LogP contribution < -0.4 is 25.8 Å². The van der Waals surface area contributed by atoms with Crippen molar-refractivity contribution in [3.8, 4) is 11.5 Å². The van der Waals surface area contributed by atoms with Gasteiger partial charge in [-0.1, -0.05) is 13.3 Å². The highest BCUT2D eigenvalue weighted by molar-refractivity contribution is 6.37. The summed E-state index contributed by atoms with van der Waals surface area (Å²) in [6.45, 7) is 2.15. The van der Waals surface area contributed by atoms with E-state index in [1.165, 1.54) is 12.1 Å². The van der Waals surface area contributed by atoms with E-state index >= 15 is 0 Å². The lowest BCUT2D eigenvalue weighted by molar-refractivity contribution is -0.129. The van der Waals surface area contributed by atoms with E-state index in [0.717, 1.165) is 16.2 Å². The maximum atomic E-state index is 12.8. The summed E-state index contributed by atoms with van der Waals surface area (Å²) in [5, 5.41) is 0. The average Bonchev–Trinajstić information content (AvgIpc) is 3.02. The molecule has 9 nitrogen and oxygen atoms in total. The molecule has 2 aliphatic heterocycles. The first-order chi connectivity index (χ1) is 12.0. The number of rotatable bonds is 4. The Morgan fingerprint density at radius 1 is 1.12 bits per heavy atom. The predicted molar refractivity (Wildman–Crippen MR) is 87.5 cm³/mol. The molecule has 9 heteroatoms. The lowest BCUT2D eigenvalue weighted by Gasteiger charge is -2.34. The van der Waals surface area contributed by atoms with Gasteiger partial charge < -0.3 is 20.9 Å². The third-order valence-electron chi connectivity index (χ3n) is 3.94. The fraction of sp³-hybridized carbons (Fsp3) is 0.312. The van der Waals surface area contributed by atoms with E-state index in [1.807, 2.05) is 6.92 Å². The van der Waals surface area contributed by atoms with E-state index < -0.39 is 29.2 Å². The lowest BCUT2D eigenvalue weighted by atomic mass is 10.1. The van der Waals surface area contributed by atoms with Gasteiger partial charge in [0.05, 0.1) is 5.69 Å². The van der Waals surface area contributed by atoms with Gasteiger partial charge in [0.2, 0.25) is 6.79 Å². The second kappa shape index (κ2) is 6.34. The van der Waals surface area contributed by atoms with Crippen LogP contribution in [-0.2, 0) is 9.59 Å². The van der Waals surface area contributed by atoms with Crippen molar-refractivity contribution < 1.29 is 23.9 Å². The van der Waals surface area contributed by atoms with E-state index in [0.29, 0.717) is 17.9 Å². The molecule has 0 atom stereocenters. The molecule has 0 bridgehead atoms. The number of anilines is 1. The van der Waals surface area contributed by atoms with Gasteiger partial charge in [0.15, 0.2) is 11.5 Å². The van der Waals surface area contributed by atoms with Crippen molar-refractivity contribution in [2.45, 2.75) is 19.8 Å². The normalized spacial score (nSPS) is 16.7. The number of hydrogen-bond donors (Lipinski definition) is 2. The second-order valence-electron chi connectivity index (χ2n) is 5.60. The van der Waals surface area contributed by atoms with Gasteiger partial charge in [-0.05, 0) is 18.6 Å². The molecule has 4 amide bonds. The van der Waals surface area contributed by atoms with Gasteiger partial charge in [0.1, 0.15) is 11.4 Å². The number of amides is 4. The smallest absolute Gasteiger partial charge is 0.338 e.